The van der Waals surface area contributed by atoms with E-state index < -0.39 is 0 Å². The third kappa shape index (κ3) is 3.11. The summed E-state index contributed by atoms with van der Waals surface area (Å²) in [4.78, 5) is 0. The van der Waals surface area contributed by atoms with E-state index in [0.717, 1.165) is 15.7 Å². The number of hydrogen-bond acceptors (Lipinski definition) is 3. The number of nitrogens with two attached hydrogens (primary N) is 1. The molecule has 0 saturated carbocycles. The minimum atomic E-state index is 0.471. The highest BCUT2D eigenvalue weighted by atomic mass is 79.9. The first-order valence-corrected chi connectivity index (χ1v) is 7.54. The minimum absolute atomic E-state index is 0.471. The molecule has 2 rings (SSSR count). The molecule has 2 N–H and O–H groups in total. The number of benzene rings is 1. The molecule has 7 heteroatoms. The predicted molar refractivity (Wildman–Crippen MR) is 84.9 cm³/mol. The molecule has 0 aliphatic heterocycles. The second-order valence-electron chi connectivity index (χ2n) is 4.33. The zero-order chi connectivity index (χ0) is 14.9. The molecule has 0 atom stereocenters. The number of nitrogens with zero attached hydrogens (tertiary/aromatic N) is 2. The number of hydrogen-bond donors (Lipinski definition) is 1. The van der Waals surface area contributed by atoms with Crippen molar-refractivity contribution < 1.29 is 4.74 Å². The van der Waals surface area contributed by atoms with Crippen LogP contribution in [-0.4, -0.2) is 16.3 Å². The Morgan fingerprint density at radius 1 is 1.35 bits per heavy atom. The third-order valence-corrected chi connectivity index (χ3v) is 4.36. The van der Waals surface area contributed by atoms with Gasteiger partial charge in [0.25, 0.3) is 0 Å². The molecule has 0 saturated heterocycles. The molecule has 108 valence electrons. The quantitative estimate of drug-likeness (QED) is 0.815. The maximum absolute atomic E-state index is 6.17. The normalized spacial score (nSPS) is 10.9. The average molecular weight is 379 g/mol. The highest BCUT2D eigenvalue weighted by Gasteiger charge is 2.17. The zero-order valence-electron chi connectivity index (χ0n) is 11.1. The Morgan fingerprint density at radius 3 is 2.70 bits per heavy atom. The van der Waals surface area contributed by atoms with Crippen molar-refractivity contribution in [2.45, 2.75) is 13.3 Å². The molecule has 20 heavy (non-hydrogen) atoms. The fraction of sp³-hybridized carbons (Fsp3) is 0.308. The van der Waals surface area contributed by atoms with Crippen LogP contribution in [0.4, 0.5) is 0 Å². The molecular weight excluding hydrogens is 365 g/mol. The largest absolute Gasteiger partial charge is 0.437 e. The summed E-state index contributed by atoms with van der Waals surface area (Å²) in [5.74, 6) is 1.12. The van der Waals surface area contributed by atoms with Gasteiger partial charge in [0.05, 0.1) is 15.7 Å². The Morgan fingerprint density at radius 2 is 2.05 bits per heavy atom. The van der Waals surface area contributed by atoms with E-state index in [1.165, 1.54) is 0 Å². The molecule has 0 amide bonds. The van der Waals surface area contributed by atoms with E-state index in [-0.39, 0.29) is 0 Å². The summed E-state index contributed by atoms with van der Waals surface area (Å²) in [7, 11) is 1.82. The van der Waals surface area contributed by atoms with Gasteiger partial charge in [-0.2, -0.15) is 5.10 Å². The predicted octanol–water partition coefficient (Wildman–Crippen LogP) is 4.09. The molecule has 4 nitrogen and oxygen atoms in total. The van der Waals surface area contributed by atoms with Crippen molar-refractivity contribution in [3.8, 4) is 11.6 Å². The Hall–Kier alpha value is -0.750. The SMILES string of the molecule is Cc1nn(C)c(Oc2cc(Cl)c(Br)cc2Cl)c1CCN. The number of halogens is 3. The van der Waals surface area contributed by atoms with E-state index in [1.54, 1.807) is 16.8 Å². The Labute approximate surface area is 135 Å². The first-order chi connectivity index (χ1) is 9.43. The molecule has 0 aliphatic carbocycles. The van der Waals surface area contributed by atoms with Crippen LogP contribution < -0.4 is 10.5 Å². The minimum Gasteiger partial charge on any atom is -0.437 e. The number of aryl methyl sites for hydroxylation is 2. The van der Waals surface area contributed by atoms with E-state index in [9.17, 15) is 0 Å². The standard InChI is InChI=1S/C13H14BrCl2N3O/c1-7-8(3-4-17)13(19(2)18-7)20-12-6-10(15)9(14)5-11(12)16/h5-6H,3-4,17H2,1-2H3. The summed E-state index contributed by atoms with van der Waals surface area (Å²) in [6, 6.07) is 3.37. The van der Waals surface area contributed by atoms with Crippen molar-refractivity contribution in [1.82, 2.24) is 9.78 Å². The molecule has 0 radical (unpaired) electrons. The average Bonchev–Trinajstić information content (AvgIpc) is 2.63. The maximum atomic E-state index is 6.17. The van der Waals surface area contributed by atoms with Crippen LogP contribution >= 0.6 is 39.1 Å². The summed E-state index contributed by atoms with van der Waals surface area (Å²) >= 11 is 15.6. The van der Waals surface area contributed by atoms with Crippen molar-refractivity contribution in [1.29, 1.82) is 0 Å². The molecule has 1 aromatic carbocycles. The van der Waals surface area contributed by atoms with Crippen LogP contribution in [-0.2, 0) is 13.5 Å². The number of rotatable bonds is 4. The highest BCUT2D eigenvalue weighted by molar-refractivity contribution is 9.10. The lowest BCUT2D eigenvalue weighted by Gasteiger charge is -2.11. The third-order valence-electron chi connectivity index (χ3n) is 2.86. The van der Waals surface area contributed by atoms with Crippen LogP contribution in [0.25, 0.3) is 0 Å². The van der Waals surface area contributed by atoms with E-state index >= 15 is 0 Å². The van der Waals surface area contributed by atoms with Crippen LogP contribution in [0.5, 0.6) is 11.6 Å². The van der Waals surface area contributed by atoms with Gasteiger partial charge >= 0.3 is 0 Å². The van der Waals surface area contributed by atoms with Crippen molar-refractivity contribution in [2.24, 2.45) is 12.8 Å². The van der Waals surface area contributed by atoms with Crippen LogP contribution in [0.15, 0.2) is 16.6 Å². The van der Waals surface area contributed by atoms with Crippen molar-refractivity contribution in [3.63, 3.8) is 0 Å². The first-order valence-electron chi connectivity index (χ1n) is 5.99. The fourth-order valence-corrected chi connectivity index (χ4v) is 2.76. The van der Waals surface area contributed by atoms with Gasteiger partial charge in [0.15, 0.2) is 0 Å². The van der Waals surface area contributed by atoms with Gasteiger partial charge < -0.3 is 10.5 Å². The van der Waals surface area contributed by atoms with E-state index in [0.29, 0.717) is 34.6 Å². The van der Waals surface area contributed by atoms with E-state index in [1.807, 2.05) is 14.0 Å². The summed E-state index contributed by atoms with van der Waals surface area (Å²) in [6.45, 7) is 2.45. The lowest BCUT2D eigenvalue weighted by Crippen LogP contribution is -2.05. The molecule has 0 spiro atoms. The molecule has 1 heterocycles. The monoisotopic (exact) mass is 377 g/mol. The van der Waals surface area contributed by atoms with E-state index in [4.69, 9.17) is 33.7 Å². The molecular formula is C13H14BrCl2N3O. The fourth-order valence-electron chi connectivity index (χ4n) is 1.93. The second-order valence-corrected chi connectivity index (χ2v) is 6.00. The number of ether oxygens (including phenoxy) is 1. The Kier molecular flexibility index (Phi) is 4.96. The van der Waals surface area contributed by atoms with Crippen molar-refractivity contribution in [2.75, 3.05) is 6.54 Å². The zero-order valence-corrected chi connectivity index (χ0v) is 14.2. The van der Waals surface area contributed by atoms with Crippen molar-refractivity contribution in [3.05, 3.63) is 37.9 Å². The van der Waals surface area contributed by atoms with Gasteiger partial charge in [-0.1, -0.05) is 23.2 Å². The molecule has 0 fully saturated rings. The molecule has 1 aromatic heterocycles. The lowest BCUT2D eigenvalue weighted by molar-refractivity contribution is 0.426. The highest BCUT2D eigenvalue weighted by Crippen LogP contribution is 2.37. The second kappa shape index (κ2) is 6.35. The summed E-state index contributed by atoms with van der Waals surface area (Å²) < 4.78 is 8.28. The molecule has 0 bridgehead atoms. The molecule has 0 aliphatic rings. The van der Waals surface area contributed by atoms with Gasteiger partial charge in [0, 0.05) is 23.2 Å². The Balaban J connectivity index is 2.42. The molecule has 0 unspecified atom stereocenters. The van der Waals surface area contributed by atoms with Gasteiger partial charge in [0.1, 0.15) is 5.75 Å². The lowest BCUT2D eigenvalue weighted by atomic mass is 10.2. The molecule has 2 aromatic rings. The van der Waals surface area contributed by atoms with Gasteiger partial charge in [-0.25, -0.2) is 4.68 Å². The summed E-state index contributed by atoms with van der Waals surface area (Å²) in [5.41, 5.74) is 7.50. The van der Waals surface area contributed by atoms with Gasteiger partial charge in [-0.05, 0) is 41.9 Å². The summed E-state index contributed by atoms with van der Waals surface area (Å²) in [5, 5.41) is 5.35. The Bertz CT molecular complexity index is 643. The smallest absolute Gasteiger partial charge is 0.221 e. The van der Waals surface area contributed by atoms with Crippen LogP contribution in [0.1, 0.15) is 11.3 Å². The van der Waals surface area contributed by atoms with Gasteiger partial charge in [-0.15, -0.1) is 0 Å². The first kappa shape index (κ1) is 15.6. The van der Waals surface area contributed by atoms with Gasteiger partial charge in [-0.3, -0.25) is 0 Å². The van der Waals surface area contributed by atoms with E-state index in [2.05, 4.69) is 21.0 Å². The topological polar surface area (TPSA) is 53.1 Å². The van der Waals surface area contributed by atoms with Crippen molar-refractivity contribution >= 4 is 39.1 Å². The van der Waals surface area contributed by atoms with Gasteiger partial charge in [0.2, 0.25) is 5.88 Å². The van der Waals surface area contributed by atoms with Crippen LogP contribution in [0, 0.1) is 6.92 Å². The van der Waals surface area contributed by atoms with Crippen LogP contribution in [0.3, 0.4) is 0 Å². The number of aromatic nitrogens is 2. The van der Waals surface area contributed by atoms with Crippen LogP contribution in [0.2, 0.25) is 10.0 Å². The maximum Gasteiger partial charge on any atom is 0.221 e. The summed E-state index contributed by atoms with van der Waals surface area (Å²) in [6.07, 6.45) is 0.691.